The van der Waals surface area contributed by atoms with Gasteiger partial charge in [0, 0.05) is 23.8 Å². The minimum atomic E-state index is -0.387. The van der Waals surface area contributed by atoms with E-state index < -0.39 is 0 Å². The number of hydrogen-bond acceptors (Lipinski definition) is 4. The summed E-state index contributed by atoms with van der Waals surface area (Å²) in [6.45, 7) is 7.60. The maximum Gasteiger partial charge on any atom is 0.303 e. The lowest BCUT2D eigenvalue weighted by molar-refractivity contribution is -0.163. The number of fused-ring (bicyclic) bond motifs is 2. The van der Waals surface area contributed by atoms with Crippen molar-refractivity contribution >= 4 is 11.8 Å². The molecule has 4 nitrogen and oxygen atoms in total. The Kier molecular flexibility index (Phi) is 3.23. The molecule has 0 N–H and O–H groups in total. The molecule has 2 aliphatic carbocycles. The van der Waals surface area contributed by atoms with E-state index in [1.807, 2.05) is 6.92 Å². The van der Waals surface area contributed by atoms with Gasteiger partial charge in [-0.05, 0) is 31.2 Å². The van der Waals surface area contributed by atoms with E-state index in [2.05, 4.69) is 13.8 Å². The molecule has 0 aliphatic heterocycles. The fraction of sp³-hybridized carbons (Fsp3) is 0.647. The predicted molar refractivity (Wildman–Crippen MR) is 76.9 cm³/mol. The maximum atomic E-state index is 12.8. The topological polar surface area (TPSA) is 56.5 Å². The Hall–Kier alpha value is -1.58. The van der Waals surface area contributed by atoms with Gasteiger partial charge in [-0.3, -0.25) is 9.59 Å². The van der Waals surface area contributed by atoms with Crippen LogP contribution in [0.3, 0.4) is 0 Å². The third-order valence-corrected chi connectivity index (χ3v) is 5.62. The van der Waals surface area contributed by atoms with Crippen molar-refractivity contribution in [3.8, 4) is 0 Å². The van der Waals surface area contributed by atoms with Crippen molar-refractivity contribution in [2.24, 2.45) is 17.3 Å². The Morgan fingerprint density at radius 2 is 2.14 bits per heavy atom. The molecule has 1 aromatic rings. The summed E-state index contributed by atoms with van der Waals surface area (Å²) in [5.41, 5.74) is 1.33. The summed E-state index contributed by atoms with van der Waals surface area (Å²) in [6, 6.07) is 0. The Morgan fingerprint density at radius 1 is 1.43 bits per heavy atom. The summed E-state index contributed by atoms with van der Waals surface area (Å²) < 4.78 is 11.2. The van der Waals surface area contributed by atoms with Crippen LogP contribution in [0.25, 0.3) is 0 Å². The Morgan fingerprint density at radius 3 is 2.81 bits per heavy atom. The lowest BCUT2D eigenvalue weighted by Crippen LogP contribution is -2.50. The number of rotatable bonds is 1. The molecule has 1 heterocycles. The smallest absolute Gasteiger partial charge is 0.303 e. The molecule has 0 aromatic carbocycles. The lowest BCUT2D eigenvalue weighted by Gasteiger charge is -2.51. The van der Waals surface area contributed by atoms with Crippen LogP contribution in [-0.4, -0.2) is 11.8 Å². The fourth-order valence-electron chi connectivity index (χ4n) is 4.24. The maximum absolute atomic E-state index is 12.8. The van der Waals surface area contributed by atoms with Gasteiger partial charge in [-0.15, -0.1) is 0 Å². The molecule has 4 atom stereocenters. The second-order valence-corrected chi connectivity index (χ2v) is 6.77. The molecule has 0 amide bonds. The van der Waals surface area contributed by atoms with Crippen LogP contribution >= 0.6 is 0 Å². The third kappa shape index (κ3) is 1.88. The van der Waals surface area contributed by atoms with Crippen molar-refractivity contribution in [3.63, 3.8) is 0 Å². The first kappa shape index (κ1) is 14.4. The van der Waals surface area contributed by atoms with E-state index in [1.165, 1.54) is 6.92 Å². The number of carbonyl (C=O) groups is 2. The van der Waals surface area contributed by atoms with Crippen LogP contribution in [0, 0.1) is 24.2 Å². The van der Waals surface area contributed by atoms with E-state index in [4.69, 9.17) is 9.15 Å². The van der Waals surface area contributed by atoms with Gasteiger partial charge >= 0.3 is 5.97 Å². The van der Waals surface area contributed by atoms with Crippen LogP contribution in [0.5, 0.6) is 0 Å². The van der Waals surface area contributed by atoms with Crippen LogP contribution in [0.4, 0.5) is 0 Å². The molecule has 4 unspecified atom stereocenters. The lowest BCUT2D eigenvalue weighted by atomic mass is 9.54. The minimum Gasteiger partial charge on any atom is -0.461 e. The first-order chi connectivity index (χ1) is 9.87. The highest BCUT2D eigenvalue weighted by Gasteiger charge is 2.58. The second kappa shape index (κ2) is 4.72. The van der Waals surface area contributed by atoms with Crippen LogP contribution < -0.4 is 0 Å². The summed E-state index contributed by atoms with van der Waals surface area (Å²) in [5, 5.41) is 0. The molecular formula is C17H22O4. The molecule has 0 spiro atoms. The number of furan rings is 1. The van der Waals surface area contributed by atoms with Crippen LogP contribution in [0.1, 0.15) is 67.8 Å². The van der Waals surface area contributed by atoms with Crippen LogP contribution in [-0.2, 0) is 9.53 Å². The molecule has 114 valence electrons. The Balaban J connectivity index is 2.20. The standard InChI is InChI=1S/C17H22O4/c1-9-8-20-15-13(9)16(21-11(3)18)17(4)10(2)6-5-7-12(17)14(15)19/h8,10,12,16H,5-7H2,1-4H3. The number of ketones is 1. The average Bonchev–Trinajstić information content (AvgIpc) is 2.79. The number of Topliss-reactive ketones (excluding diaryl/α,β-unsaturated/α-hetero) is 1. The largest absolute Gasteiger partial charge is 0.461 e. The molecule has 1 aromatic heterocycles. The molecule has 1 fully saturated rings. The molecule has 0 saturated heterocycles. The summed E-state index contributed by atoms with van der Waals surface area (Å²) in [5.74, 6) is 0.375. The van der Waals surface area contributed by atoms with E-state index in [0.29, 0.717) is 11.7 Å². The van der Waals surface area contributed by atoms with Crippen molar-refractivity contribution in [3.05, 3.63) is 23.2 Å². The second-order valence-electron chi connectivity index (χ2n) is 6.77. The van der Waals surface area contributed by atoms with Gasteiger partial charge in [-0.2, -0.15) is 0 Å². The van der Waals surface area contributed by atoms with E-state index in [-0.39, 0.29) is 29.2 Å². The minimum absolute atomic E-state index is 0.0792. The Bertz CT molecular complexity index is 600. The first-order valence-electron chi connectivity index (χ1n) is 7.66. The predicted octanol–water partition coefficient (Wildman–Crippen LogP) is 3.83. The zero-order valence-corrected chi connectivity index (χ0v) is 13.1. The van der Waals surface area contributed by atoms with Crippen molar-refractivity contribution in [1.29, 1.82) is 0 Å². The first-order valence-corrected chi connectivity index (χ1v) is 7.66. The summed E-state index contributed by atoms with van der Waals surface area (Å²) >= 11 is 0. The van der Waals surface area contributed by atoms with Crippen molar-refractivity contribution in [2.45, 2.75) is 53.1 Å². The molecule has 4 heteroatoms. The third-order valence-electron chi connectivity index (χ3n) is 5.62. The molecule has 0 radical (unpaired) electrons. The molecular weight excluding hydrogens is 268 g/mol. The van der Waals surface area contributed by atoms with E-state index in [1.54, 1.807) is 6.26 Å². The van der Waals surface area contributed by atoms with Crippen molar-refractivity contribution < 1.29 is 18.7 Å². The number of aryl methyl sites for hydroxylation is 1. The van der Waals surface area contributed by atoms with Gasteiger partial charge < -0.3 is 9.15 Å². The zero-order chi connectivity index (χ0) is 15.4. The highest BCUT2D eigenvalue weighted by atomic mass is 16.5. The van der Waals surface area contributed by atoms with E-state index >= 15 is 0 Å². The van der Waals surface area contributed by atoms with Gasteiger partial charge in [0.2, 0.25) is 5.78 Å². The number of esters is 1. The zero-order valence-electron chi connectivity index (χ0n) is 13.1. The van der Waals surface area contributed by atoms with Crippen molar-refractivity contribution in [1.82, 2.24) is 0 Å². The summed E-state index contributed by atoms with van der Waals surface area (Å²) in [6.07, 6.45) is 4.15. The molecule has 3 rings (SSSR count). The molecule has 21 heavy (non-hydrogen) atoms. The molecule has 0 bridgehead atoms. The van der Waals surface area contributed by atoms with Gasteiger partial charge in [0.05, 0.1) is 6.26 Å². The summed E-state index contributed by atoms with van der Waals surface area (Å²) in [4.78, 5) is 24.4. The van der Waals surface area contributed by atoms with Gasteiger partial charge in [-0.25, -0.2) is 0 Å². The molecule has 1 saturated carbocycles. The van der Waals surface area contributed by atoms with Gasteiger partial charge in [0.15, 0.2) is 5.76 Å². The van der Waals surface area contributed by atoms with Crippen LogP contribution in [0.15, 0.2) is 10.7 Å². The highest BCUT2D eigenvalue weighted by molar-refractivity contribution is 5.99. The normalized spacial score (nSPS) is 35.0. The SMILES string of the molecule is CC(=O)OC1c2c(C)coc2C(=O)C2CCCC(C)C21C. The van der Waals surface area contributed by atoms with Gasteiger partial charge in [0.25, 0.3) is 0 Å². The number of ether oxygens (including phenoxy) is 1. The quantitative estimate of drug-likeness (QED) is 0.737. The van der Waals surface area contributed by atoms with E-state index in [9.17, 15) is 9.59 Å². The van der Waals surface area contributed by atoms with Crippen molar-refractivity contribution in [2.75, 3.05) is 0 Å². The van der Waals surface area contributed by atoms with Gasteiger partial charge in [0.1, 0.15) is 6.10 Å². The Labute approximate surface area is 124 Å². The fourth-order valence-corrected chi connectivity index (χ4v) is 4.24. The highest BCUT2D eigenvalue weighted by Crippen LogP contribution is 2.59. The average molecular weight is 290 g/mol. The monoisotopic (exact) mass is 290 g/mol. The number of hydrogen-bond donors (Lipinski definition) is 0. The summed E-state index contributed by atoms with van der Waals surface area (Å²) in [7, 11) is 0. The number of carbonyl (C=O) groups excluding carboxylic acids is 2. The molecule has 2 aliphatic rings. The van der Waals surface area contributed by atoms with Gasteiger partial charge in [-0.1, -0.05) is 20.3 Å². The van der Waals surface area contributed by atoms with E-state index in [0.717, 1.165) is 30.4 Å². The van der Waals surface area contributed by atoms with Crippen LogP contribution in [0.2, 0.25) is 0 Å².